The molecular weight excluding hydrogens is 390 g/mol. The predicted octanol–water partition coefficient (Wildman–Crippen LogP) is 2.15. The number of hydrogen-bond donors (Lipinski definition) is 0. The molecule has 2 saturated heterocycles. The summed E-state index contributed by atoms with van der Waals surface area (Å²) in [6, 6.07) is 10.2. The molecule has 1 atom stereocenters. The molecule has 7 nitrogen and oxygen atoms in total. The lowest BCUT2D eigenvalue weighted by molar-refractivity contribution is -0.139. The van der Waals surface area contributed by atoms with Crippen LogP contribution in [-0.4, -0.2) is 71.4 Å². The number of aromatic nitrogens is 2. The van der Waals surface area contributed by atoms with E-state index in [1.54, 1.807) is 4.90 Å². The van der Waals surface area contributed by atoms with Crippen LogP contribution in [0.2, 0.25) is 0 Å². The minimum absolute atomic E-state index is 0.0104. The summed E-state index contributed by atoms with van der Waals surface area (Å²) < 4.78 is 0. The number of carbonyl (C=O) groups is 2. The van der Waals surface area contributed by atoms with E-state index in [-0.39, 0.29) is 11.8 Å². The van der Waals surface area contributed by atoms with Gasteiger partial charge in [0.15, 0.2) is 5.82 Å². The normalized spacial score (nSPS) is 21.2. The number of fused-ring (bicyclic) bond motifs is 1. The number of amides is 2. The molecule has 0 N–H and O–H groups in total. The van der Waals surface area contributed by atoms with Gasteiger partial charge in [-0.1, -0.05) is 30.3 Å². The molecule has 3 aliphatic rings. The van der Waals surface area contributed by atoms with Crippen LogP contribution in [0.15, 0.2) is 30.3 Å². The molecule has 1 aromatic heterocycles. The van der Waals surface area contributed by atoms with Gasteiger partial charge in [-0.15, -0.1) is 0 Å². The molecule has 162 valence electrons. The smallest absolute Gasteiger partial charge is 0.227 e. The quantitative estimate of drug-likeness (QED) is 0.711. The van der Waals surface area contributed by atoms with Gasteiger partial charge in [-0.2, -0.15) is 0 Å². The zero-order chi connectivity index (χ0) is 21.2. The predicted molar refractivity (Wildman–Crippen MR) is 119 cm³/mol. The number of anilines is 1. The summed E-state index contributed by atoms with van der Waals surface area (Å²) in [5.41, 5.74) is 3.48. The van der Waals surface area contributed by atoms with Gasteiger partial charge in [0.2, 0.25) is 12.3 Å². The Morgan fingerprint density at radius 1 is 0.968 bits per heavy atom. The SMILES string of the molecule is O=CN1CCN(C(=O)[C@H]2CCCN(c3nc(-c4ccccc4)nc4c3CCC4)C2)CC1. The van der Waals surface area contributed by atoms with Crippen LogP contribution in [0.4, 0.5) is 5.82 Å². The van der Waals surface area contributed by atoms with Crippen LogP contribution < -0.4 is 4.90 Å². The van der Waals surface area contributed by atoms with Gasteiger partial charge in [0, 0.05) is 56.1 Å². The third kappa shape index (κ3) is 4.01. The fourth-order valence-corrected chi connectivity index (χ4v) is 5.07. The van der Waals surface area contributed by atoms with Gasteiger partial charge in [-0.3, -0.25) is 9.59 Å². The van der Waals surface area contributed by atoms with Crippen LogP contribution in [0, 0.1) is 5.92 Å². The average molecular weight is 420 g/mol. The molecule has 31 heavy (non-hydrogen) atoms. The van der Waals surface area contributed by atoms with E-state index in [4.69, 9.17) is 9.97 Å². The number of piperidine rings is 1. The highest BCUT2D eigenvalue weighted by molar-refractivity contribution is 5.80. The maximum Gasteiger partial charge on any atom is 0.227 e. The van der Waals surface area contributed by atoms with Crippen LogP contribution in [0.25, 0.3) is 11.4 Å². The molecule has 2 aromatic rings. The molecule has 0 bridgehead atoms. The van der Waals surface area contributed by atoms with Crippen molar-refractivity contribution in [1.29, 1.82) is 0 Å². The van der Waals surface area contributed by atoms with E-state index in [9.17, 15) is 9.59 Å². The average Bonchev–Trinajstić information content (AvgIpc) is 3.32. The van der Waals surface area contributed by atoms with Gasteiger partial charge in [0.25, 0.3) is 0 Å². The van der Waals surface area contributed by atoms with Gasteiger partial charge < -0.3 is 14.7 Å². The topological polar surface area (TPSA) is 69.6 Å². The molecule has 5 rings (SSSR count). The second-order valence-electron chi connectivity index (χ2n) is 8.77. The number of hydrogen-bond acceptors (Lipinski definition) is 5. The number of benzene rings is 1. The maximum atomic E-state index is 13.2. The van der Waals surface area contributed by atoms with Crippen molar-refractivity contribution in [2.45, 2.75) is 32.1 Å². The molecular formula is C24H29N5O2. The van der Waals surface area contributed by atoms with Crippen molar-refractivity contribution in [3.8, 4) is 11.4 Å². The summed E-state index contributed by atoms with van der Waals surface area (Å²) in [5.74, 6) is 2.03. The minimum atomic E-state index is -0.0104. The lowest BCUT2D eigenvalue weighted by atomic mass is 9.95. The summed E-state index contributed by atoms with van der Waals surface area (Å²) in [6.45, 7) is 4.17. The van der Waals surface area contributed by atoms with Crippen molar-refractivity contribution in [3.05, 3.63) is 41.6 Å². The summed E-state index contributed by atoms with van der Waals surface area (Å²) >= 11 is 0. The number of piperazine rings is 1. The van der Waals surface area contributed by atoms with Gasteiger partial charge in [0.1, 0.15) is 5.82 Å². The second kappa shape index (κ2) is 8.65. The largest absolute Gasteiger partial charge is 0.355 e. The number of nitrogens with zero attached hydrogens (tertiary/aromatic N) is 5. The van der Waals surface area contributed by atoms with Crippen molar-refractivity contribution in [1.82, 2.24) is 19.8 Å². The van der Waals surface area contributed by atoms with Crippen molar-refractivity contribution in [2.24, 2.45) is 5.92 Å². The molecule has 1 aromatic carbocycles. The Labute approximate surface area is 183 Å². The highest BCUT2D eigenvalue weighted by Gasteiger charge is 2.33. The van der Waals surface area contributed by atoms with Crippen LogP contribution in [-0.2, 0) is 22.4 Å². The van der Waals surface area contributed by atoms with Crippen LogP contribution in [0.5, 0.6) is 0 Å². The monoisotopic (exact) mass is 419 g/mol. The van der Waals surface area contributed by atoms with Gasteiger partial charge >= 0.3 is 0 Å². The summed E-state index contributed by atoms with van der Waals surface area (Å²) in [4.78, 5) is 40.1. The Hall–Kier alpha value is -2.96. The number of aryl methyl sites for hydroxylation is 1. The van der Waals surface area contributed by atoms with Crippen molar-refractivity contribution < 1.29 is 9.59 Å². The second-order valence-corrected chi connectivity index (χ2v) is 8.77. The molecule has 0 radical (unpaired) electrons. The third-order valence-corrected chi connectivity index (χ3v) is 6.79. The van der Waals surface area contributed by atoms with Crippen LogP contribution in [0.3, 0.4) is 0 Å². The van der Waals surface area contributed by atoms with E-state index in [1.165, 1.54) is 11.3 Å². The molecule has 2 amide bonds. The third-order valence-electron chi connectivity index (χ3n) is 6.79. The summed E-state index contributed by atoms with van der Waals surface area (Å²) in [5, 5.41) is 0. The number of rotatable bonds is 4. The Morgan fingerprint density at radius 2 is 1.77 bits per heavy atom. The van der Waals surface area contributed by atoms with E-state index < -0.39 is 0 Å². The van der Waals surface area contributed by atoms with E-state index in [2.05, 4.69) is 17.0 Å². The van der Waals surface area contributed by atoms with Crippen LogP contribution in [0.1, 0.15) is 30.5 Å². The first kappa shape index (κ1) is 20.0. The lowest BCUT2D eigenvalue weighted by Gasteiger charge is -2.38. The molecule has 3 heterocycles. The molecule has 0 spiro atoms. The fourth-order valence-electron chi connectivity index (χ4n) is 5.07. The van der Waals surface area contributed by atoms with E-state index in [0.29, 0.717) is 32.7 Å². The van der Waals surface area contributed by atoms with Gasteiger partial charge in [0.05, 0.1) is 5.92 Å². The molecule has 0 saturated carbocycles. The Morgan fingerprint density at radius 3 is 2.55 bits per heavy atom. The molecule has 2 fully saturated rings. The Balaban J connectivity index is 1.37. The lowest BCUT2D eigenvalue weighted by Crippen LogP contribution is -2.52. The zero-order valence-corrected chi connectivity index (χ0v) is 17.9. The molecule has 2 aliphatic heterocycles. The number of carbonyl (C=O) groups excluding carboxylic acids is 2. The summed E-state index contributed by atoms with van der Waals surface area (Å²) in [6.07, 6.45) is 5.92. The van der Waals surface area contributed by atoms with Gasteiger partial charge in [-0.05, 0) is 32.1 Å². The summed E-state index contributed by atoms with van der Waals surface area (Å²) in [7, 11) is 0. The van der Waals surface area contributed by atoms with Crippen molar-refractivity contribution in [2.75, 3.05) is 44.2 Å². The van der Waals surface area contributed by atoms with Crippen molar-refractivity contribution in [3.63, 3.8) is 0 Å². The first-order chi connectivity index (χ1) is 15.2. The van der Waals surface area contributed by atoms with E-state index in [1.807, 2.05) is 23.1 Å². The molecule has 0 unspecified atom stereocenters. The van der Waals surface area contributed by atoms with Crippen molar-refractivity contribution >= 4 is 18.1 Å². The molecule has 7 heteroatoms. The first-order valence-electron chi connectivity index (χ1n) is 11.4. The zero-order valence-electron chi connectivity index (χ0n) is 17.9. The minimum Gasteiger partial charge on any atom is -0.355 e. The van der Waals surface area contributed by atoms with E-state index >= 15 is 0 Å². The Kier molecular flexibility index (Phi) is 5.57. The van der Waals surface area contributed by atoms with Crippen LogP contribution >= 0.6 is 0 Å². The first-order valence-corrected chi connectivity index (χ1v) is 11.4. The van der Waals surface area contributed by atoms with Gasteiger partial charge in [-0.25, -0.2) is 9.97 Å². The van der Waals surface area contributed by atoms with E-state index in [0.717, 1.165) is 62.3 Å². The Bertz CT molecular complexity index is 956. The highest BCUT2D eigenvalue weighted by Crippen LogP contribution is 2.34. The molecule has 1 aliphatic carbocycles. The maximum absolute atomic E-state index is 13.2. The highest BCUT2D eigenvalue weighted by atomic mass is 16.2. The fraction of sp³-hybridized carbons (Fsp3) is 0.500. The standard InChI is InChI=1S/C24H29N5O2/c30-17-27-12-14-28(15-13-27)24(31)19-8-5-11-29(16-19)23-20-9-4-10-21(20)25-22(26-23)18-6-2-1-3-7-18/h1-3,6-7,17,19H,4-5,8-16H2/t19-/m0/s1.